The second-order valence-corrected chi connectivity index (χ2v) is 6.19. The fourth-order valence-electron chi connectivity index (χ4n) is 3.71. The highest BCUT2D eigenvalue weighted by molar-refractivity contribution is 5.94. The first-order chi connectivity index (χ1) is 11.0. The molecule has 0 amide bonds. The van der Waals surface area contributed by atoms with Gasteiger partial charge in [0.05, 0.1) is 15.9 Å². The molecule has 0 saturated heterocycles. The molecule has 2 fully saturated rings. The van der Waals surface area contributed by atoms with Crippen molar-refractivity contribution in [3.05, 3.63) is 44.0 Å². The predicted octanol–water partition coefficient (Wildman–Crippen LogP) is 3.24. The third-order valence-corrected chi connectivity index (χ3v) is 4.78. The van der Waals surface area contributed by atoms with Gasteiger partial charge in [-0.1, -0.05) is 12.8 Å². The van der Waals surface area contributed by atoms with E-state index in [1.54, 1.807) is 0 Å². The van der Waals surface area contributed by atoms with E-state index >= 15 is 0 Å². The number of hydrogen-bond acceptors (Lipinski definition) is 6. The summed E-state index contributed by atoms with van der Waals surface area (Å²) < 4.78 is 5.49. The van der Waals surface area contributed by atoms with E-state index in [2.05, 4.69) is 0 Å². The number of ether oxygens (including phenoxy) is 1. The maximum absolute atomic E-state index is 12.3. The molecule has 2 bridgehead atoms. The van der Waals surface area contributed by atoms with Gasteiger partial charge in [-0.2, -0.15) is 0 Å². The molecule has 2 aliphatic rings. The molecular formula is C15H16N2O6. The molecule has 0 aromatic heterocycles. The monoisotopic (exact) mass is 320 g/mol. The van der Waals surface area contributed by atoms with Gasteiger partial charge in [0.15, 0.2) is 0 Å². The van der Waals surface area contributed by atoms with Crippen LogP contribution in [0.2, 0.25) is 0 Å². The summed E-state index contributed by atoms with van der Waals surface area (Å²) in [5.74, 6) is 0.123. The summed E-state index contributed by atoms with van der Waals surface area (Å²) in [7, 11) is 0. The van der Waals surface area contributed by atoms with Crippen molar-refractivity contribution in [2.75, 3.05) is 0 Å². The van der Waals surface area contributed by atoms with Gasteiger partial charge >= 0.3 is 5.97 Å². The summed E-state index contributed by atoms with van der Waals surface area (Å²) in [4.78, 5) is 32.6. The lowest BCUT2D eigenvalue weighted by atomic mass is 9.89. The maximum atomic E-state index is 12.3. The van der Waals surface area contributed by atoms with Gasteiger partial charge in [-0.3, -0.25) is 20.2 Å². The second-order valence-electron chi connectivity index (χ2n) is 6.19. The van der Waals surface area contributed by atoms with Crippen molar-refractivity contribution in [3.8, 4) is 0 Å². The molecule has 0 heterocycles. The molecule has 2 saturated carbocycles. The third-order valence-electron chi connectivity index (χ3n) is 4.78. The first kappa shape index (κ1) is 15.4. The molecule has 122 valence electrons. The van der Waals surface area contributed by atoms with Crippen LogP contribution >= 0.6 is 0 Å². The number of nitro benzene ring substituents is 2. The molecule has 0 radical (unpaired) electrons. The molecule has 3 unspecified atom stereocenters. The van der Waals surface area contributed by atoms with E-state index in [-0.39, 0.29) is 11.7 Å². The van der Waals surface area contributed by atoms with Crippen LogP contribution in [0.4, 0.5) is 11.4 Å². The summed E-state index contributed by atoms with van der Waals surface area (Å²) in [5, 5.41) is 21.8. The summed E-state index contributed by atoms with van der Waals surface area (Å²) in [6, 6.07) is 2.97. The Morgan fingerprint density at radius 1 is 1.13 bits per heavy atom. The standard InChI is InChI=1S/C15H16N2O6/c18-15(23-14-7-9-2-1-3-10(14)6-9)12-5-4-11(16(19)20)8-13(12)17(21)22/h4-5,8-10,14H,1-3,6-7H2. The molecule has 23 heavy (non-hydrogen) atoms. The normalized spacial score (nSPS) is 25.8. The van der Waals surface area contributed by atoms with E-state index in [1.807, 2.05) is 0 Å². The van der Waals surface area contributed by atoms with Crippen LogP contribution in [-0.2, 0) is 4.74 Å². The van der Waals surface area contributed by atoms with Crippen LogP contribution in [0.15, 0.2) is 18.2 Å². The Hall–Kier alpha value is -2.51. The lowest BCUT2D eigenvalue weighted by Crippen LogP contribution is -2.22. The number of carbonyl (C=O) groups excluding carboxylic acids is 1. The van der Waals surface area contributed by atoms with Crippen LogP contribution in [-0.4, -0.2) is 21.9 Å². The van der Waals surface area contributed by atoms with Crippen LogP contribution in [0, 0.1) is 32.1 Å². The molecule has 1 aromatic carbocycles. The number of non-ortho nitro benzene ring substituents is 1. The van der Waals surface area contributed by atoms with Gasteiger partial charge in [-0.05, 0) is 37.2 Å². The van der Waals surface area contributed by atoms with Gasteiger partial charge in [-0.25, -0.2) is 4.79 Å². The zero-order valence-electron chi connectivity index (χ0n) is 12.3. The average Bonchev–Trinajstić information content (AvgIpc) is 2.79. The molecule has 0 aliphatic heterocycles. The summed E-state index contributed by atoms with van der Waals surface area (Å²) >= 11 is 0. The van der Waals surface area contributed by atoms with Gasteiger partial charge < -0.3 is 4.74 Å². The van der Waals surface area contributed by atoms with E-state index in [0.29, 0.717) is 11.8 Å². The van der Waals surface area contributed by atoms with E-state index in [1.165, 1.54) is 0 Å². The number of benzene rings is 1. The Balaban J connectivity index is 1.81. The average molecular weight is 320 g/mol. The number of nitrogens with zero attached hydrogens (tertiary/aromatic N) is 2. The van der Waals surface area contributed by atoms with Crippen molar-refractivity contribution in [2.45, 2.75) is 38.2 Å². The summed E-state index contributed by atoms with van der Waals surface area (Å²) in [5.41, 5.74) is -1.25. The highest BCUT2D eigenvalue weighted by Crippen LogP contribution is 2.44. The number of esters is 1. The summed E-state index contributed by atoms with van der Waals surface area (Å²) in [6.45, 7) is 0. The molecule has 3 rings (SSSR count). The molecule has 8 nitrogen and oxygen atoms in total. The van der Waals surface area contributed by atoms with Crippen LogP contribution in [0.5, 0.6) is 0 Å². The Bertz CT molecular complexity index is 674. The lowest BCUT2D eigenvalue weighted by molar-refractivity contribution is -0.394. The lowest BCUT2D eigenvalue weighted by Gasteiger charge is -2.20. The van der Waals surface area contributed by atoms with Gasteiger partial charge in [0.1, 0.15) is 11.7 Å². The minimum Gasteiger partial charge on any atom is -0.458 e. The van der Waals surface area contributed by atoms with Crippen molar-refractivity contribution in [3.63, 3.8) is 0 Å². The Morgan fingerprint density at radius 3 is 2.57 bits per heavy atom. The number of rotatable bonds is 4. The van der Waals surface area contributed by atoms with E-state index in [4.69, 9.17) is 4.74 Å². The zero-order valence-corrected chi connectivity index (χ0v) is 12.3. The van der Waals surface area contributed by atoms with Gasteiger partial charge in [-0.15, -0.1) is 0 Å². The fourth-order valence-corrected chi connectivity index (χ4v) is 3.71. The minimum absolute atomic E-state index is 0.204. The van der Waals surface area contributed by atoms with Crippen molar-refractivity contribution >= 4 is 17.3 Å². The molecule has 8 heteroatoms. The number of nitro groups is 2. The molecular weight excluding hydrogens is 304 g/mol. The third kappa shape index (κ3) is 3.01. The van der Waals surface area contributed by atoms with Gasteiger partial charge in [0.2, 0.25) is 0 Å². The highest BCUT2D eigenvalue weighted by atomic mass is 16.6. The maximum Gasteiger partial charge on any atom is 0.345 e. The van der Waals surface area contributed by atoms with Crippen LogP contribution < -0.4 is 0 Å². The Morgan fingerprint density at radius 2 is 1.91 bits per heavy atom. The summed E-state index contributed by atoms with van der Waals surface area (Å²) in [6.07, 6.45) is 4.92. The first-order valence-electron chi connectivity index (χ1n) is 7.59. The molecule has 3 atom stereocenters. The molecule has 0 N–H and O–H groups in total. The molecule has 1 aromatic rings. The van der Waals surface area contributed by atoms with Crippen molar-refractivity contribution in [2.24, 2.45) is 11.8 Å². The van der Waals surface area contributed by atoms with Crippen LogP contribution in [0.1, 0.15) is 42.5 Å². The number of fused-ring (bicyclic) bond motifs is 2. The highest BCUT2D eigenvalue weighted by Gasteiger charge is 2.40. The van der Waals surface area contributed by atoms with Crippen LogP contribution in [0.25, 0.3) is 0 Å². The van der Waals surface area contributed by atoms with Crippen molar-refractivity contribution in [1.82, 2.24) is 0 Å². The molecule has 2 aliphatic carbocycles. The fraction of sp³-hybridized carbons (Fsp3) is 0.533. The number of hydrogen-bond donors (Lipinski definition) is 0. The predicted molar refractivity (Wildman–Crippen MR) is 79.0 cm³/mol. The second kappa shape index (κ2) is 5.94. The quantitative estimate of drug-likeness (QED) is 0.478. The SMILES string of the molecule is O=C(OC1CC2CCCC1C2)c1ccc([N+](=O)[O-])cc1[N+](=O)[O-]. The topological polar surface area (TPSA) is 113 Å². The smallest absolute Gasteiger partial charge is 0.345 e. The Labute approximate surface area is 131 Å². The van der Waals surface area contributed by atoms with Gasteiger partial charge in [0, 0.05) is 6.07 Å². The van der Waals surface area contributed by atoms with E-state index in [0.717, 1.165) is 50.3 Å². The van der Waals surface area contributed by atoms with Gasteiger partial charge in [0.25, 0.3) is 11.4 Å². The van der Waals surface area contributed by atoms with E-state index < -0.39 is 27.2 Å². The van der Waals surface area contributed by atoms with Crippen molar-refractivity contribution in [1.29, 1.82) is 0 Å². The van der Waals surface area contributed by atoms with E-state index in [9.17, 15) is 25.0 Å². The first-order valence-corrected chi connectivity index (χ1v) is 7.59. The van der Waals surface area contributed by atoms with Crippen LogP contribution in [0.3, 0.4) is 0 Å². The van der Waals surface area contributed by atoms with Crippen molar-refractivity contribution < 1.29 is 19.4 Å². The minimum atomic E-state index is -0.795. The zero-order chi connectivity index (χ0) is 16.6. The Kier molecular flexibility index (Phi) is 3.97. The number of carbonyl (C=O) groups is 1. The molecule has 0 spiro atoms. The largest absolute Gasteiger partial charge is 0.458 e.